The smallest absolute Gasteiger partial charge is 0.323 e. The van der Waals surface area contributed by atoms with Crippen LogP contribution in [0.3, 0.4) is 0 Å². The number of carbonyl (C=O) groups excluding carboxylic acids is 1. The van der Waals surface area contributed by atoms with E-state index >= 15 is 0 Å². The summed E-state index contributed by atoms with van der Waals surface area (Å²) in [7, 11) is 1.65. The molecule has 0 unspecified atom stereocenters. The van der Waals surface area contributed by atoms with Gasteiger partial charge in [0.15, 0.2) is 5.13 Å². The Balaban J connectivity index is 1.61. The number of hydrogen-bond acceptors (Lipinski definition) is 5. The van der Waals surface area contributed by atoms with Crippen molar-refractivity contribution in [3.63, 3.8) is 0 Å². The van der Waals surface area contributed by atoms with Crippen LogP contribution in [-0.4, -0.2) is 47.8 Å². The number of rotatable bonds is 5. The van der Waals surface area contributed by atoms with Crippen molar-refractivity contribution in [3.8, 4) is 5.75 Å². The number of thiazole rings is 1. The van der Waals surface area contributed by atoms with Crippen molar-refractivity contribution in [2.45, 2.75) is 12.8 Å². The summed E-state index contributed by atoms with van der Waals surface area (Å²) < 4.78 is 5.18. The first-order valence-corrected chi connectivity index (χ1v) is 8.74. The molecule has 2 amide bonds. The van der Waals surface area contributed by atoms with E-state index in [4.69, 9.17) is 9.84 Å². The number of benzene rings is 1. The predicted molar refractivity (Wildman–Crippen MR) is 93.8 cm³/mol. The molecule has 1 aliphatic heterocycles. The molecule has 0 aliphatic carbocycles. The van der Waals surface area contributed by atoms with Crippen LogP contribution in [0.2, 0.25) is 0 Å². The average molecular weight is 347 g/mol. The molecule has 1 atom stereocenters. The maximum absolute atomic E-state index is 12.1. The number of ether oxygens (including phenoxy) is 1. The third-order valence-electron chi connectivity index (χ3n) is 4.30. The van der Waals surface area contributed by atoms with Crippen LogP contribution in [0.4, 0.5) is 9.93 Å². The molecule has 1 saturated heterocycles. The summed E-state index contributed by atoms with van der Waals surface area (Å²) in [6.07, 6.45) is 0. The quantitative estimate of drug-likeness (QED) is 0.872. The van der Waals surface area contributed by atoms with Gasteiger partial charge in [-0.05, 0) is 17.7 Å². The Labute approximate surface area is 145 Å². The number of nitrogens with zero attached hydrogens (tertiary/aromatic N) is 2. The molecule has 0 bridgehead atoms. The van der Waals surface area contributed by atoms with E-state index in [9.17, 15) is 4.79 Å². The Morgan fingerprint density at radius 3 is 2.79 bits per heavy atom. The number of anilines is 1. The van der Waals surface area contributed by atoms with Crippen LogP contribution >= 0.6 is 11.3 Å². The molecule has 0 saturated carbocycles. The van der Waals surface area contributed by atoms with E-state index in [-0.39, 0.29) is 24.5 Å². The molecule has 1 aliphatic rings. The fraction of sp³-hybridized carbons (Fsp3) is 0.412. The van der Waals surface area contributed by atoms with Crippen LogP contribution in [0.15, 0.2) is 29.6 Å². The number of methoxy groups -OCH3 is 1. The van der Waals surface area contributed by atoms with Crippen molar-refractivity contribution >= 4 is 22.5 Å². The first kappa shape index (κ1) is 16.7. The number of aliphatic hydroxyl groups excluding tert-OH is 1. The van der Waals surface area contributed by atoms with Crippen molar-refractivity contribution in [1.82, 2.24) is 9.88 Å². The second-order valence-electron chi connectivity index (χ2n) is 5.96. The number of likely N-dealkylation sites (tertiary alicyclic amines) is 1. The summed E-state index contributed by atoms with van der Waals surface area (Å²) in [6, 6.07) is 7.76. The Hall–Kier alpha value is -2.12. The van der Waals surface area contributed by atoms with Gasteiger partial charge in [0, 0.05) is 36.9 Å². The lowest BCUT2D eigenvalue weighted by atomic mass is 9.99. The van der Waals surface area contributed by atoms with E-state index in [0.717, 1.165) is 17.0 Å². The topological polar surface area (TPSA) is 74.7 Å². The lowest BCUT2D eigenvalue weighted by Crippen LogP contribution is -2.52. The number of amides is 2. The molecule has 7 heteroatoms. The zero-order valence-electron chi connectivity index (χ0n) is 13.7. The summed E-state index contributed by atoms with van der Waals surface area (Å²) in [5.41, 5.74) is 2.07. The van der Waals surface area contributed by atoms with Crippen molar-refractivity contribution < 1.29 is 14.6 Å². The summed E-state index contributed by atoms with van der Waals surface area (Å²) >= 11 is 1.42. The van der Waals surface area contributed by atoms with E-state index < -0.39 is 0 Å². The minimum atomic E-state index is -0.155. The molecule has 1 aromatic heterocycles. The van der Waals surface area contributed by atoms with Crippen LogP contribution in [0.1, 0.15) is 24.1 Å². The third-order valence-corrected chi connectivity index (χ3v) is 5.07. The minimum absolute atomic E-state index is 0.130. The van der Waals surface area contributed by atoms with Gasteiger partial charge in [0.1, 0.15) is 5.75 Å². The highest BCUT2D eigenvalue weighted by atomic mass is 32.1. The summed E-state index contributed by atoms with van der Waals surface area (Å²) in [6.45, 7) is 3.42. The van der Waals surface area contributed by atoms with Crippen LogP contribution in [0.5, 0.6) is 5.75 Å². The largest absolute Gasteiger partial charge is 0.497 e. The summed E-state index contributed by atoms with van der Waals surface area (Å²) in [5.74, 6) is 1.17. The number of aliphatic hydroxyl groups is 1. The Kier molecular flexibility index (Phi) is 5.01. The van der Waals surface area contributed by atoms with Crippen molar-refractivity contribution in [1.29, 1.82) is 0 Å². The van der Waals surface area contributed by atoms with E-state index in [1.54, 1.807) is 12.0 Å². The zero-order valence-corrected chi connectivity index (χ0v) is 14.5. The van der Waals surface area contributed by atoms with Gasteiger partial charge in [-0.15, -0.1) is 11.3 Å². The highest BCUT2D eigenvalue weighted by Crippen LogP contribution is 2.29. The molecule has 2 N–H and O–H groups in total. The van der Waals surface area contributed by atoms with Gasteiger partial charge < -0.3 is 14.7 Å². The van der Waals surface area contributed by atoms with E-state index in [0.29, 0.717) is 18.2 Å². The van der Waals surface area contributed by atoms with Crippen molar-refractivity contribution in [2.75, 3.05) is 32.1 Å². The van der Waals surface area contributed by atoms with E-state index in [1.807, 2.05) is 29.6 Å². The maximum atomic E-state index is 12.1. The summed E-state index contributed by atoms with van der Waals surface area (Å²) in [4.78, 5) is 18.3. The molecule has 24 heavy (non-hydrogen) atoms. The van der Waals surface area contributed by atoms with Crippen LogP contribution < -0.4 is 10.1 Å². The molecular formula is C17H21N3O3S. The molecule has 2 heterocycles. The Bertz CT molecular complexity index is 695. The molecule has 1 fully saturated rings. The Morgan fingerprint density at radius 2 is 2.17 bits per heavy atom. The van der Waals surface area contributed by atoms with Crippen molar-refractivity contribution in [3.05, 3.63) is 40.9 Å². The zero-order chi connectivity index (χ0) is 17.1. The highest BCUT2D eigenvalue weighted by Gasteiger charge is 2.30. The Morgan fingerprint density at radius 1 is 1.46 bits per heavy atom. The average Bonchev–Trinajstić information content (AvgIpc) is 3.01. The second-order valence-corrected chi connectivity index (χ2v) is 6.81. The summed E-state index contributed by atoms with van der Waals surface area (Å²) in [5, 5.41) is 14.4. The molecular weight excluding hydrogens is 326 g/mol. The molecule has 3 rings (SSSR count). The number of hydrogen-bond donors (Lipinski definition) is 2. The standard InChI is InChI=1S/C17H21N3O3S/c1-11(13-3-5-14(23-2)6-4-13)15-10-24-16(18-15)19-17(22)20-7-12(8-20)9-21/h3-6,10-12,21H,7-9H2,1-2H3,(H,18,19,22)/t11-/m0/s1. The van der Waals surface area contributed by atoms with Gasteiger partial charge in [-0.1, -0.05) is 19.1 Å². The maximum Gasteiger partial charge on any atom is 0.323 e. The van der Waals surface area contributed by atoms with Gasteiger partial charge in [-0.2, -0.15) is 0 Å². The monoisotopic (exact) mass is 347 g/mol. The number of urea groups is 1. The number of carbonyl (C=O) groups is 1. The second kappa shape index (κ2) is 7.19. The number of nitrogens with one attached hydrogen (secondary N) is 1. The van der Waals surface area contributed by atoms with Crippen molar-refractivity contribution in [2.24, 2.45) is 5.92 Å². The van der Waals surface area contributed by atoms with E-state index in [1.165, 1.54) is 11.3 Å². The van der Waals surface area contributed by atoms with Gasteiger partial charge >= 0.3 is 6.03 Å². The normalized spacial score (nSPS) is 15.7. The molecule has 1 aromatic carbocycles. The molecule has 0 radical (unpaired) electrons. The van der Waals surface area contributed by atoms with Gasteiger partial charge in [-0.3, -0.25) is 5.32 Å². The predicted octanol–water partition coefficient (Wildman–Crippen LogP) is 2.76. The fourth-order valence-electron chi connectivity index (χ4n) is 2.63. The molecule has 6 nitrogen and oxygen atoms in total. The SMILES string of the molecule is COc1ccc([C@H](C)c2csc(NC(=O)N3CC(CO)C3)n2)cc1. The third kappa shape index (κ3) is 3.52. The first-order chi connectivity index (χ1) is 11.6. The molecule has 128 valence electrons. The first-order valence-electron chi connectivity index (χ1n) is 7.87. The molecule has 2 aromatic rings. The molecule has 0 spiro atoms. The van der Waals surface area contributed by atoms with Gasteiger partial charge in [0.25, 0.3) is 0 Å². The lowest BCUT2D eigenvalue weighted by Gasteiger charge is -2.37. The minimum Gasteiger partial charge on any atom is -0.497 e. The number of aromatic nitrogens is 1. The van der Waals surface area contributed by atoms with Crippen LogP contribution in [-0.2, 0) is 0 Å². The van der Waals surface area contributed by atoms with Crippen LogP contribution in [0.25, 0.3) is 0 Å². The van der Waals surface area contributed by atoms with Gasteiger partial charge in [0.05, 0.1) is 12.8 Å². The van der Waals surface area contributed by atoms with E-state index in [2.05, 4.69) is 17.2 Å². The highest BCUT2D eigenvalue weighted by molar-refractivity contribution is 7.13. The van der Waals surface area contributed by atoms with Gasteiger partial charge in [0.2, 0.25) is 0 Å². The lowest BCUT2D eigenvalue weighted by molar-refractivity contribution is 0.0838. The fourth-order valence-corrected chi connectivity index (χ4v) is 3.42. The van der Waals surface area contributed by atoms with Crippen LogP contribution in [0, 0.1) is 5.92 Å². The van der Waals surface area contributed by atoms with Gasteiger partial charge in [-0.25, -0.2) is 9.78 Å².